The van der Waals surface area contributed by atoms with Gasteiger partial charge < -0.3 is 15.0 Å². The third-order valence-corrected chi connectivity index (χ3v) is 4.05. The van der Waals surface area contributed by atoms with E-state index >= 15 is 0 Å². The third kappa shape index (κ3) is 3.38. The fourth-order valence-corrected chi connectivity index (χ4v) is 2.81. The van der Waals surface area contributed by atoms with Crippen LogP contribution in [0.15, 0.2) is 18.3 Å². The van der Waals surface area contributed by atoms with Crippen molar-refractivity contribution >= 4 is 11.5 Å². The molecule has 1 N–H and O–H groups in total. The van der Waals surface area contributed by atoms with Gasteiger partial charge >= 0.3 is 0 Å². The fraction of sp³-hybridized carbons (Fsp3) is 0.667. The molecule has 2 saturated heterocycles. The largest absolute Gasteiger partial charge is 0.383 e. The van der Waals surface area contributed by atoms with Crippen molar-refractivity contribution in [3.8, 4) is 0 Å². The van der Waals surface area contributed by atoms with Crippen molar-refractivity contribution in [1.29, 1.82) is 0 Å². The topological polar surface area (TPSA) is 37.4 Å². The molecule has 1 aromatic rings. The molecule has 0 aromatic carbocycles. The minimum absolute atomic E-state index is 0.654. The van der Waals surface area contributed by atoms with Gasteiger partial charge in [-0.05, 0) is 37.8 Å². The number of piperidine rings is 1. The Balaban J connectivity index is 1.52. The van der Waals surface area contributed by atoms with E-state index in [1.54, 1.807) is 0 Å². The number of hydrogen-bond donors (Lipinski definition) is 1. The van der Waals surface area contributed by atoms with E-state index in [1.807, 2.05) is 6.20 Å². The molecule has 2 fully saturated rings. The molecule has 0 radical (unpaired) electrons. The molecule has 0 bridgehead atoms. The molecule has 3 heterocycles. The van der Waals surface area contributed by atoms with Crippen molar-refractivity contribution in [2.75, 3.05) is 43.1 Å². The highest BCUT2D eigenvalue weighted by Crippen LogP contribution is 2.19. The van der Waals surface area contributed by atoms with E-state index in [4.69, 9.17) is 4.74 Å². The van der Waals surface area contributed by atoms with Gasteiger partial charge in [-0.2, -0.15) is 0 Å². The molecule has 4 heteroatoms. The van der Waals surface area contributed by atoms with Crippen LogP contribution in [0, 0.1) is 5.92 Å². The van der Waals surface area contributed by atoms with Gasteiger partial charge in [-0.15, -0.1) is 0 Å². The first kappa shape index (κ1) is 12.7. The minimum atomic E-state index is 0.654. The van der Waals surface area contributed by atoms with E-state index < -0.39 is 0 Å². The highest BCUT2D eigenvalue weighted by Gasteiger charge is 2.15. The van der Waals surface area contributed by atoms with E-state index in [1.165, 1.54) is 25.7 Å². The summed E-state index contributed by atoms with van der Waals surface area (Å²) in [5.74, 6) is 1.77. The maximum Gasteiger partial charge on any atom is 0.128 e. The summed E-state index contributed by atoms with van der Waals surface area (Å²) in [6.07, 6.45) is 7.08. The predicted molar refractivity (Wildman–Crippen MR) is 77.7 cm³/mol. The van der Waals surface area contributed by atoms with Gasteiger partial charge in [0.2, 0.25) is 0 Å². The van der Waals surface area contributed by atoms with Crippen LogP contribution in [0.25, 0.3) is 0 Å². The molecule has 0 spiro atoms. The summed E-state index contributed by atoms with van der Waals surface area (Å²) < 4.78 is 5.38. The van der Waals surface area contributed by atoms with Crippen LogP contribution in [0.5, 0.6) is 0 Å². The molecule has 19 heavy (non-hydrogen) atoms. The summed E-state index contributed by atoms with van der Waals surface area (Å²) in [5.41, 5.74) is 1.12. The van der Waals surface area contributed by atoms with Gasteiger partial charge in [-0.3, -0.25) is 0 Å². The molecule has 4 nitrogen and oxygen atoms in total. The molecule has 0 aliphatic carbocycles. The maximum atomic E-state index is 5.38. The second kappa shape index (κ2) is 6.24. The number of nitrogens with one attached hydrogen (secondary N) is 1. The average Bonchev–Trinajstić information content (AvgIpc) is 3.00. The Morgan fingerprint density at radius 1 is 1.26 bits per heavy atom. The number of aromatic nitrogens is 1. The standard InChI is InChI=1S/C15H23N3O/c1-2-7-18(8-3-1)15-5-4-14(11-17-15)16-10-13-6-9-19-12-13/h4-5,11,13,16H,1-3,6-10,12H2. The predicted octanol–water partition coefficient (Wildman–Crippen LogP) is 2.52. The smallest absolute Gasteiger partial charge is 0.128 e. The molecule has 1 unspecified atom stereocenters. The number of rotatable bonds is 4. The van der Waals surface area contributed by atoms with Gasteiger partial charge in [0.05, 0.1) is 18.5 Å². The van der Waals surface area contributed by atoms with Gasteiger partial charge in [0.1, 0.15) is 5.82 Å². The van der Waals surface area contributed by atoms with Gasteiger partial charge in [-0.25, -0.2) is 4.98 Å². The van der Waals surface area contributed by atoms with Crippen molar-refractivity contribution in [2.24, 2.45) is 5.92 Å². The Hall–Kier alpha value is -1.29. The Bertz CT molecular complexity index is 381. The summed E-state index contributed by atoms with van der Waals surface area (Å²) in [6, 6.07) is 4.28. The minimum Gasteiger partial charge on any atom is -0.383 e. The van der Waals surface area contributed by atoms with Crippen LogP contribution >= 0.6 is 0 Å². The first-order chi connectivity index (χ1) is 9.42. The van der Waals surface area contributed by atoms with Crippen LogP contribution in [0.1, 0.15) is 25.7 Å². The van der Waals surface area contributed by atoms with Crippen LogP contribution in [0.3, 0.4) is 0 Å². The van der Waals surface area contributed by atoms with Crippen molar-refractivity contribution in [1.82, 2.24) is 4.98 Å². The SMILES string of the molecule is c1cc(N2CCCCC2)ncc1NCC1CCOC1. The molecule has 2 aliphatic rings. The molecule has 2 aliphatic heterocycles. The average molecular weight is 261 g/mol. The monoisotopic (exact) mass is 261 g/mol. The molecular formula is C15H23N3O. The summed E-state index contributed by atoms with van der Waals surface area (Å²) >= 11 is 0. The normalized spacial score (nSPS) is 23.6. The first-order valence-corrected chi connectivity index (χ1v) is 7.44. The lowest BCUT2D eigenvalue weighted by Gasteiger charge is -2.27. The quantitative estimate of drug-likeness (QED) is 0.903. The highest BCUT2D eigenvalue weighted by molar-refractivity contribution is 5.48. The maximum absolute atomic E-state index is 5.38. The lowest BCUT2D eigenvalue weighted by atomic mass is 10.1. The number of ether oxygens (including phenoxy) is 1. The van der Waals surface area contributed by atoms with Crippen LogP contribution in [0.4, 0.5) is 11.5 Å². The van der Waals surface area contributed by atoms with E-state index in [9.17, 15) is 0 Å². The molecule has 3 rings (SSSR count). The zero-order valence-electron chi connectivity index (χ0n) is 11.5. The molecule has 0 saturated carbocycles. The second-order valence-corrected chi connectivity index (χ2v) is 5.56. The molecular weight excluding hydrogens is 238 g/mol. The first-order valence-electron chi connectivity index (χ1n) is 7.44. The third-order valence-electron chi connectivity index (χ3n) is 4.05. The van der Waals surface area contributed by atoms with Crippen LogP contribution in [-0.4, -0.2) is 37.8 Å². The summed E-state index contributed by atoms with van der Waals surface area (Å²) in [5, 5.41) is 3.46. The van der Waals surface area contributed by atoms with E-state index in [0.717, 1.165) is 44.4 Å². The van der Waals surface area contributed by atoms with Crippen molar-refractivity contribution < 1.29 is 4.74 Å². The summed E-state index contributed by atoms with van der Waals surface area (Å²) in [7, 11) is 0. The second-order valence-electron chi connectivity index (χ2n) is 5.56. The van der Waals surface area contributed by atoms with Crippen molar-refractivity contribution in [2.45, 2.75) is 25.7 Å². The lowest BCUT2D eigenvalue weighted by Crippen LogP contribution is -2.30. The van der Waals surface area contributed by atoms with E-state index in [0.29, 0.717) is 5.92 Å². The number of pyridine rings is 1. The fourth-order valence-electron chi connectivity index (χ4n) is 2.81. The Kier molecular flexibility index (Phi) is 4.18. The highest BCUT2D eigenvalue weighted by atomic mass is 16.5. The number of anilines is 2. The molecule has 1 aromatic heterocycles. The van der Waals surface area contributed by atoms with Crippen LogP contribution in [0.2, 0.25) is 0 Å². The zero-order chi connectivity index (χ0) is 12.9. The van der Waals surface area contributed by atoms with Crippen molar-refractivity contribution in [3.63, 3.8) is 0 Å². The van der Waals surface area contributed by atoms with E-state index in [-0.39, 0.29) is 0 Å². The Morgan fingerprint density at radius 3 is 2.84 bits per heavy atom. The summed E-state index contributed by atoms with van der Waals surface area (Å²) in [6.45, 7) is 5.11. The Morgan fingerprint density at radius 2 is 2.16 bits per heavy atom. The molecule has 104 valence electrons. The number of nitrogens with zero attached hydrogens (tertiary/aromatic N) is 2. The van der Waals surface area contributed by atoms with Gasteiger partial charge in [0, 0.05) is 32.2 Å². The van der Waals surface area contributed by atoms with Gasteiger partial charge in [0.15, 0.2) is 0 Å². The zero-order valence-corrected chi connectivity index (χ0v) is 11.5. The summed E-state index contributed by atoms with van der Waals surface area (Å²) in [4.78, 5) is 6.97. The van der Waals surface area contributed by atoms with E-state index in [2.05, 4.69) is 27.3 Å². The number of hydrogen-bond acceptors (Lipinski definition) is 4. The molecule has 0 amide bonds. The van der Waals surface area contributed by atoms with Crippen molar-refractivity contribution in [3.05, 3.63) is 18.3 Å². The van der Waals surface area contributed by atoms with Gasteiger partial charge in [-0.1, -0.05) is 0 Å². The van der Waals surface area contributed by atoms with Crippen LogP contribution < -0.4 is 10.2 Å². The Labute approximate surface area is 115 Å². The molecule has 1 atom stereocenters. The lowest BCUT2D eigenvalue weighted by molar-refractivity contribution is 0.187. The van der Waals surface area contributed by atoms with Gasteiger partial charge in [0.25, 0.3) is 0 Å². The van der Waals surface area contributed by atoms with Crippen LogP contribution in [-0.2, 0) is 4.74 Å².